The van der Waals surface area contributed by atoms with Crippen molar-refractivity contribution in [2.75, 3.05) is 0 Å². The largest absolute Gasteiger partial charge is 0.512 e. The van der Waals surface area contributed by atoms with Crippen LogP contribution in [0.2, 0.25) is 0 Å². The van der Waals surface area contributed by atoms with Crippen molar-refractivity contribution >= 4 is 5.78 Å². The monoisotopic (exact) mass is 310 g/mol. The number of phenols is 1. The van der Waals surface area contributed by atoms with Crippen LogP contribution in [0.25, 0.3) is 0 Å². The summed E-state index contributed by atoms with van der Waals surface area (Å²) in [6.07, 6.45) is 2.93. The van der Waals surface area contributed by atoms with Crippen molar-refractivity contribution in [1.82, 2.24) is 0 Å². The second kappa shape index (κ2) is 3.99. The lowest BCUT2D eigenvalue weighted by Gasteiger charge is -2.36. The van der Waals surface area contributed by atoms with Gasteiger partial charge in [-0.2, -0.15) is 0 Å². The van der Waals surface area contributed by atoms with Crippen LogP contribution in [0.15, 0.2) is 40.9 Å². The minimum Gasteiger partial charge on any atom is -0.512 e. The van der Waals surface area contributed by atoms with Crippen LogP contribution in [0.4, 0.5) is 0 Å². The first-order valence-corrected chi connectivity index (χ1v) is 8.18. The van der Waals surface area contributed by atoms with E-state index in [2.05, 4.69) is 0 Å². The third-order valence-electron chi connectivity index (χ3n) is 6.04. The minimum atomic E-state index is -0.361. The molecule has 0 amide bonds. The Morgan fingerprint density at radius 3 is 2.91 bits per heavy atom. The first kappa shape index (κ1) is 13.2. The van der Waals surface area contributed by atoms with Gasteiger partial charge in [0.15, 0.2) is 11.4 Å². The zero-order chi connectivity index (χ0) is 15.9. The summed E-state index contributed by atoms with van der Waals surface area (Å²) in [4.78, 5) is 13.0. The standard InChI is InChI=1S/C19H18O4/c1-9-8-19-12(7-14(9)21)6-11-5-10-3-2-4-13(20)15(10)17(22)16(11)18(19)23-19/h2-4,11-12,20-21H,5-8H2,1H3/t11?,12-,19-/m0/s1. The van der Waals surface area contributed by atoms with Crippen molar-refractivity contribution in [3.63, 3.8) is 0 Å². The Hall–Kier alpha value is -2.23. The molecule has 0 bridgehead atoms. The molecule has 1 unspecified atom stereocenters. The average Bonchev–Trinajstić information content (AvgIpc) is 3.20. The van der Waals surface area contributed by atoms with E-state index in [0.717, 1.165) is 35.3 Å². The van der Waals surface area contributed by atoms with Gasteiger partial charge in [-0.1, -0.05) is 12.1 Å². The second-order valence-electron chi connectivity index (χ2n) is 7.32. The lowest BCUT2D eigenvalue weighted by atomic mass is 9.64. The molecule has 0 aromatic heterocycles. The van der Waals surface area contributed by atoms with Crippen LogP contribution in [0.3, 0.4) is 0 Å². The molecule has 4 aliphatic rings. The van der Waals surface area contributed by atoms with Gasteiger partial charge in [0.25, 0.3) is 0 Å². The summed E-state index contributed by atoms with van der Waals surface area (Å²) in [6, 6.07) is 5.29. The lowest BCUT2D eigenvalue weighted by Crippen LogP contribution is -2.38. The van der Waals surface area contributed by atoms with Gasteiger partial charge in [-0.3, -0.25) is 4.79 Å². The molecule has 3 aliphatic carbocycles. The molecule has 1 aromatic carbocycles. The molecule has 1 fully saturated rings. The summed E-state index contributed by atoms with van der Waals surface area (Å²) in [7, 11) is 0. The Morgan fingerprint density at radius 2 is 2.09 bits per heavy atom. The predicted octanol–water partition coefficient (Wildman–Crippen LogP) is 3.42. The third-order valence-corrected chi connectivity index (χ3v) is 6.04. The number of aromatic hydroxyl groups is 1. The van der Waals surface area contributed by atoms with E-state index in [0.29, 0.717) is 24.2 Å². The highest BCUT2D eigenvalue weighted by Gasteiger charge is 2.66. The number of fused-ring (bicyclic) bond motifs is 2. The highest BCUT2D eigenvalue weighted by Crippen LogP contribution is 2.64. The Morgan fingerprint density at radius 1 is 1.26 bits per heavy atom. The molecule has 23 heavy (non-hydrogen) atoms. The predicted molar refractivity (Wildman–Crippen MR) is 83.1 cm³/mol. The number of ether oxygens (including phenoxy) is 1. The maximum absolute atomic E-state index is 13.0. The van der Waals surface area contributed by atoms with E-state index < -0.39 is 0 Å². The van der Waals surface area contributed by atoms with Crippen molar-refractivity contribution in [3.05, 3.63) is 52.0 Å². The van der Waals surface area contributed by atoms with Crippen molar-refractivity contribution < 1.29 is 19.7 Å². The van der Waals surface area contributed by atoms with E-state index in [-0.39, 0.29) is 29.0 Å². The summed E-state index contributed by atoms with van der Waals surface area (Å²) in [5, 5.41) is 20.2. The van der Waals surface area contributed by atoms with Crippen molar-refractivity contribution in [1.29, 1.82) is 0 Å². The number of ketones is 1. The second-order valence-corrected chi connectivity index (χ2v) is 7.32. The number of aliphatic hydroxyl groups is 1. The van der Waals surface area contributed by atoms with Crippen LogP contribution < -0.4 is 0 Å². The van der Waals surface area contributed by atoms with E-state index in [9.17, 15) is 15.0 Å². The smallest absolute Gasteiger partial charge is 0.196 e. The lowest BCUT2D eigenvalue weighted by molar-refractivity contribution is 0.0990. The van der Waals surface area contributed by atoms with E-state index >= 15 is 0 Å². The van der Waals surface area contributed by atoms with Gasteiger partial charge in [-0.25, -0.2) is 0 Å². The topological polar surface area (TPSA) is 70.1 Å². The summed E-state index contributed by atoms with van der Waals surface area (Å²) in [5.74, 6) is 1.69. The molecule has 4 heteroatoms. The molecule has 3 atom stereocenters. The maximum atomic E-state index is 13.0. The van der Waals surface area contributed by atoms with Crippen LogP contribution in [0, 0.1) is 11.8 Å². The fourth-order valence-corrected chi connectivity index (χ4v) is 4.85. The molecule has 1 heterocycles. The van der Waals surface area contributed by atoms with E-state index in [1.807, 2.05) is 13.0 Å². The summed E-state index contributed by atoms with van der Waals surface area (Å²) < 4.78 is 6.01. The van der Waals surface area contributed by atoms with Crippen LogP contribution >= 0.6 is 0 Å². The molecular weight excluding hydrogens is 292 g/mol. The van der Waals surface area contributed by atoms with E-state index in [1.54, 1.807) is 12.1 Å². The molecular formula is C19H18O4. The molecule has 4 nitrogen and oxygen atoms in total. The van der Waals surface area contributed by atoms with Gasteiger partial charge < -0.3 is 14.9 Å². The summed E-state index contributed by atoms with van der Waals surface area (Å²) in [6.45, 7) is 1.93. The van der Waals surface area contributed by atoms with Gasteiger partial charge in [-0.15, -0.1) is 0 Å². The van der Waals surface area contributed by atoms with E-state index in [4.69, 9.17) is 4.74 Å². The molecule has 2 N–H and O–H groups in total. The zero-order valence-electron chi connectivity index (χ0n) is 12.9. The quantitative estimate of drug-likeness (QED) is 0.720. The number of phenolic OH excluding ortho intramolecular Hbond substituents is 1. The fraction of sp³-hybridized carbons (Fsp3) is 0.421. The number of allylic oxidation sites excluding steroid dienone is 2. The number of carbonyl (C=O) groups is 1. The van der Waals surface area contributed by atoms with Gasteiger partial charge in [0.2, 0.25) is 0 Å². The number of rotatable bonds is 0. The Bertz CT molecular complexity index is 832. The number of aliphatic hydroxyl groups excluding tert-OH is 1. The Labute approximate surface area is 134 Å². The molecule has 1 aliphatic heterocycles. The van der Waals surface area contributed by atoms with Gasteiger partial charge >= 0.3 is 0 Å². The van der Waals surface area contributed by atoms with Crippen LogP contribution in [-0.4, -0.2) is 21.6 Å². The number of hydrogen-bond donors (Lipinski definition) is 2. The van der Waals surface area contributed by atoms with Crippen LogP contribution in [-0.2, 0) is 11.2 Å². The molecule has 0 radical (unpaired) electrons. The highest BCUT2D eigenvalue weighted by atomic mass is 16.6. The van der Waals surface area contributed by atoms with Gasteiger partial charge in [0.1, 0.15) is 11.5 Å². The zero-order valence-corrected chi connectivity index (χ0v) is 12.9. The van der Waals surface area contributed by atoms with Crippen molar-refractivity contribution in [2.24, 2.45) is 11.8 Å². The third kappa shape index (κ3) is 1.54. The van der Waals surface area contributed by atoms with Crippen molar-refractivity contribution in [2.45, 2.75) is 38.2 Å². The molecule has 0 saturated carbocycles. The molecule has 1 aromatic rings. The molecule has 1 saturated heterocycles. The Balaban J connectivity index is 1.65. The number of benzene rings is 1. The SMILES string of the molecule is CC1=C(O)C[C@@H]2CC3Cc4cccc(O)c4C(=O)C3=C3O[C@]32C1. The van der Waals surface area contributed by atoms with E-state index in [1.165, 1.54) is 0 Å². The maximum Gasteiger partial charge on any atom is 0.196 e. The molecule has 1 spiro atoms. The van der Waals surface area contributed by atoms with Crippen LogP contribution in [0.5, 0.6) is 5.75 Å². The molecule has 5 rings (SSSR count). The molecule has 118 valence electrons. The summed E-state index contributed by atoms with van der Waals surface area (Å²) >= 11 is 0. The first-order chi connectivity index (χ1) is 11.0. The summed E-state index contributed by atoms with van der Waals surface area (Å²) in [5.41, 5.74) is 2.73. The number of Topliss-reactive ketones (excluding diaryl/α,β-unsaturated/α-hetero) is 1. The number of hydrogen-bond acceptors (Lipinski definition) is 4. The Kier molecular flexibility index (Phi) is 2.30. The fourth-order valence-electron chi connectivity index (χ4n) is 4.85. The van der Waals surface area contributed by atoms with Crippen molar-refractivity contribution in [3.8, 4) is 5.75 Å². The van der Waals surface area contributed by atoms with Gasteiger partial charge in [0, 0.05) is 24.3 Å². The van der Waals surface area contributed by atoms with Gasteiger partial charge in [-0.05, 0) is 42.9 Å². The van der Waals surface area contributed by atoms with Crippen LogP contribution in [0.1, 0.15) is 42.1 Å². The minimum absolute atomic E-state index is 0.0632. The highest BCUT2D eigenvalue weighted by molar-refractivity contribution is 6.13. The first-order valence-electron chi connectivity index (χ1n) is 8.18. The normalized spacial score (nSPS) is 34.2. The van der Waals surface area contributed by atoms with Gasteiger partial charge in [0.05, 0.1) is 11.3 Å². The number of epoxide rings is 1. The number of carbonyl (C=O) groups excluding carboxylic acids is 1. The average molecular weight is 310 g/mol.